The monoisotopic (exact) mass is 287 g/mol. The van der Waals surface area contributed by atoms with E-state index < -0.39 is 19.5 Å². The molecule has 1 aromatic rings. The van der Waals surface area contributed by atoms with Crippen LogP contribution in [0.15, 0.2) is 12.1 Å². The van der Waals surface area contributed by atoms with Gasteiger partial charge < -0.3 is 5.32 Å². The lowest BCUT2D eigenvalue weighted by Crippen LogP contribution is -2.38. The fraction of sp³-hybridized carbons (Fsp3) is 0.545. The topological polar surface area (TPSA) is 102 Å². The first-order valence-electron chi connectivity index (χ1n) is 5.60. The summed E-state index contributed by atoms with van der Waals surface area (Å²) in [6.45, 7) is 4.85. The molecule has 0 aliphatic rings. The summed E-state index contributed by atoms with van der Waals surface area (Å²) in [5.41, 5.74) is 0.445. The molecule has 0 aromatic carbocycles. The van der Waals surface area contributed by atoms with Crippen molar-refractivity contribution in [3.63, 3.8) is 0 Å². The van der Waals surface area contributed by atoms with E-state index in [9.17, 15) is 18.5 Å². The van der Waals surface area contributed by atoms with Crippen molar-refractivity contribution < 1.29 is 13.3 Å². The summed E-state index contributed by atoms with van der Waals surface area (Å²) >= 11 is 0. The van der Waals surface area contributed by atoms with Gasteiger partial charge in [0.05, 0.1) is 9.67 Å². The van der Waals surface area contributed by atoms with Crippen LogP contribution in [-0.2, 0) is 9.84 Å². The maximum Gasteiger partial charge on any atom is 0.311 e. The number of aryl methyl sites for hydroxylation is 1. The molecule has 0 radical (unpaired) electrons. The molecule has 0 aliphatic heterocycles. The van der Waals surface area contributed by atoms with Crippen molar-refractivity contribution in [2.75, 3.05) is 18.1 Å². The van der Waals surface area contributed by atoms with E-state index in [1.165, 1.54) is 12.1 Å². The van der Waals surface area contributed by atoms with Gasteiger partial charge in [-0.2, -0.15) is 0 Å². The van der Waals surface area contributed by atoms with Gasteiger partial charge in [0.2, 0.25) is 5.82 Å². The molecule has 1 aromatic heterocycles. The standard InChI is InChI=1S/C11H17N3O4S/c1-8-5-6-9(14(15)16)10(13-8)12-7-11(2,3)19(4,17)18/h5-6H,7H2,1-4H3,(H,12,13). The molecule has 0 aliphatic carbocycles. The number of sulfone groups is 1. The molecule has 8 heteroatoms. The molecule has 1 heterocycles. The molecule has 0 saturated carbocycles. The molecule has 0 atom stereocenters. The van der Waals surface area contributed by atoms with Gasteiger partial charge in [-0.15, -0.1) is 0 Å². The zero-order valence-corrected chi connectivity index (χ0v) is 12.1. The highest BCUT2D eigenvalue weighted by Gasteiger charge is 2.31. The van der Waals surface area contributed by atoms with E-state index in [-0.39, 0.29) is 18.1 Å². The van der Waals surface area contributed by atoms with Crippen molar-refractivity contribution in [2.24, 2.45) is 0 Å². The Balaban J connectivity index is 3.01. The second-order valence-corrected chi connectivity index (χ2v) is 7.61. The number of pyridine rings is 1. The number of nitro groups is 1. The Bertz CT molecular complexity index is 596. The zero-order chi connectivity index (χ0) is 14.8. The highest BCUT2D eigenvalue weighted by Crippen LogP contribution is 2.24. The fourth-order valence-corrected chi connectivity index (χ4v) is 1.59. The minimum atomic E-state index is -3.28. The second kappa shape index (κ2) is 5.12. The van der Waals surface area contributed by atoms with Crippen molar-refractivity contribution >= 4 is 21.3 Å². The van der Waals surface area contributed by atoms with Gasteiger partial charge in [0, 0.05) is 24.6 Å². The minimum absolute atomic E-state index is 0.0448. The molecule has 1 N–H and O–H groups in total. The molecule has 19 heavy (non-hydrogen) atoms. The molecule has 7 nitrogen and oxygen atoms in total. The van der Waals surface area contributed by atoms with E-state index in [1.807, 2.05) is 0 Å². The normalized spacial score (nSPS) is 12.2. The summed E-state index contributed by atoms with van der Waals surface area (Å²) in [6, 6.07) is 2.88. The molecule has 0 unspecified atom stereocenters. The van der Waals surface area contributed by atoms with E-state index in [2.05, 4.69) is 10.3 Å². The Labute approximate surface area is 112 Å². The first kappa shape index (κ1) is 15.4. The number of hydrogen-bond donors (Lipinski definition) is 1. The van der Waals surface area contributed by atoms with Crippen LogP contribution in [0, 0.1) is 17.0 Å². The molecule has 0 fully saturated rings. The van der Waals surface area contributed by atoms with Gasteiger partial charge in [-0.1, -0.05) is 0 Å². The lowest BCUT2D eigenvalue weighted by atomic mass is 10.2. The summed E-state index contributed by atoms with van der Waals surface area (Å²) in [5, 5.41) is 13.6. The van der Waals surface area contributed by atoms with E-state index in [4.69, 9.17) is 0 Å². The summed E-state index contributed by atoms with van der Waals surface area (Å²) in [4.78, 5) is 14.3. The zero-order valence-electron chi connectivity index (χ0n) is 11.3. The van der Waals surface area contributed by atoms with E-state index in [0.29, 0.717) is 5.69 Å². The van der Waals surface area contributed by atoms with Crippen molar-refractivity contribution in [1.82, 2.24) is 4.98 Å². The van der Waals surface area contributed by atoms with Crippen LogP contribution in [0.2, 0.25) is 0 Å². The Kier molecular flexibility index (Phi) is 4.14. The minimum Gasteiger partial charge on any atom is -0.363 e. The molecular formula is C11H17N3O4S. The number of rotatable bonds is 5. The largest absolute Gasteiger partial charge is 0.363 e. The maximum atomic E-state index is 11.6. The van der Waals surface area contributed by atoms with Crippen molar-refractivity contribution in [3.05, 3.63) is 27.9 Å². The van der Waals surface area contributed by atoms with E-state index in [1.54, 1.807) is 20.8 Å². The van der Waals surface area contributed by atoms with Crippen LogP contribution in [0.25, 0.3) is 0 Å². The van der Waals surface area contributed by atoms with Gasteiger partial charge in [-0.05, 0) is 26.8 Å². The predicted molar refractivity (Wildman–Crippen MR) is 73.0 cm³/mol. The van der Waals surface area contributed by atoms with Gasteiger partial charge in [0.15, 0.2) is 9.84 Å². The number of nitrogens with zero attached hydrogens (tertiary/aromatic N) is 2. The van der Waals surface area contributed by atoms with E-state index in [0.717, 1.165) is 6.26 Å². The highest BCUT2D eigenvalue weighted by atomic mass is 32.2. The second-order valence-electron chi connectivity index (χ2n) is 4.96. The quantitative estimate of drug-likeness (QED) is 0.651. The van der Waals surface area contributed by atoms with E-state index >= 15 is 0 Å². The Morgan fingerprint density at radius 1 is 1.42 bits per heavy atom. The van der Waals surface area contributed by atoms with Crippen LogP contribution in [0.1, 0.15) is 19.5 Å². The third-order valence-corrected chi connectivity index (χ3v) is 5.05. The smallest absolute Gasteiger partial charge is 0.311 e. The van der Waals surface area contributed by atoms with Gasteiger partial charge >= 0.3 is 5.69 Å². The molecule has 0 bridgehead atoms. The van der Waals surface area contributed by atoms with Crippen LogP contribution in [0.5, 0.6) is 0 Å². The Morgan fingerprint density at radius 2 is 2.00 bits per heavy atom. The van der Waals surface area contributed by atoms with Gasteiger partial charge in [-0.25, -0.2) is 13.4 Å². The summed E-state index contributed by atoms with van der Waals surface area (Å²) in [6.07, 6.45) is 1.13. The average Bonchev–Trinajstić information content (AvgIpc) is 2.24. The number of nitrogens with one attached hydrogen (secondary N) is 1. The molecule has 0 saturated heterocycles. The predicted octanol–water partition coefficient (Wildman–Crippen LogP) is 1.53. The average molecular weight is 287 g/mol. The first-order chi connectivity index (χ1) is 8.54. The van der Waals surface area contributed by atoms with Crippen molar-refractivity contribution in [3.8, 4) is 0 Å². The number of anilines is 1. The van der Waals surface area contributed by atoms with Crippen LogP contribution in [0.4, 0.5) is 11.5 Å². The van der Waals surface area contributed by atoms with Crippen LogP contribution < -0.4 is 5.32 Å². The summed E-state index contributed by atoms with van der Waals surface area (Å²) in [5.74, 6) is 0.0849. The molecular weight excluding hydrogens is 270 g/mol. The maximum absolute atomic E-state index is 11.6. The summed E-state index contributed by atoms with van der Waals surface area (Å²) < 4.78 is 22.1. The third kappa shape index (κ3) is 3.63. The lowest BCUT2D eigenvalue weighted by Gasteiger charge is -2.22. The van der Waals surface area contributed by atoms with Crippen molar-refractivity contribution in [2.45, 2.75) is 25.5 Å². The fourth-order valence-electron chi connectivity index (χ4n) is 1.25. The van der Waals surface area contributed by atoms with Gasteiger partial charge in [0.25, 0.3) is 0 Å². The Hall–Kier alpha value is -1.70. The lowest BCUT2D eigenvalue weighted by molar-refractivity contribution is -0.384. The highest BCUT2D eigenvalue weighted by molar-refractivity contribution is 7.92. The molecule has 1 rings (SSSR count). The van der Waals surface area contributed by atoms with Crippen LogP contribution >= 0.6 is 0 Å². The third-order valence-electron chi connectivity index (χ3n) is 2.90. The van der Waals surface area contributed by atoms with Gasteiger partial charge in [0.1, 0.15) is 0 Å². The number of aromatic nitrogens is 1. The SMILES string of the molecule is Cc1ccc([N+](=O)[O-])c(NCC(C)(C)S(C)(=O)=O)n1. The van der Waals surface area contributed by atoms with Crippen molar-refractivity contribution in [1.29, 1.82) is 0 Å². The Morgan fingerprint density at radius 3 is 2.47 bits per heavy atom. The molecule has 0 spiro atoms. The van der Waals surface area contributed by atoms with Gasteiger partial charge in [-0.3, -0.25) is 10.1 Å². The van der Waals surface area contributed by atoms with Crippen LogP contribution in [-0.4, -0.2) is 35.9 Å². The number of hydrogen-bond acceptors (Lipinski definition) is 6. The summed E-state index contributed by atoms with van der Waals surface area (Å²) in [7, 11) is -3.28. The van der Waals surface area contributed by atoms with Crippen LogP contribution in [0.3, 0.4) is 0 Å². The molecule has 106 valence electrons. The molecule has 0 amide bonds. The first-order valence-corrected chi connectivity index (χ1v) is 7.49.